The van der Waals surface area contributed by atoms with Gasteiger partial charge in [0.05, 0.1) is 12.6 Å². The third kappa shape index (κ3) is 5.35. The van der Waals surface area contributed by atoms with Gasteiger partial charge in [-0.25, -0.2) is 0 Å². The maximum Gasteiger partial charge on any atom is 0.251 e. The van der Waals surface area contributed by atoms with Crippen molar-refractivity contribution in [3.8, 4) is 11.5 Å². The first-order chi connectivity index (χ1) is 14.1. The molecule has 0 unspecified atom stereocenters. The van der Waals surface area contributed by atoms with E-state index in [1.807, 2.05) is 57.2 Å². The van der Waals surface area contributed by atoms with Crippen molar-refractivity contribution < 1.29 is 14.3 Å². The number of hydrogen-bond donors (Lipinski definition) is 1. The van der Waals surface area contributed by atoms with Gasteiger partial charge in [0.1, 0.15) is 6.61 Å². The number of amides is 1. The van der Waals surface area contributed by atoms with Crippen molar-refractivity contribution in [1.82, 2.24) is 10.3 Å². The van der Waals surface area contributed by atoms with Crippen molar-refractivity contribution in [3.05, 3.63) is 89.2 Å². The number of hydrogen-bond acceptors (Lipinski definition) is 4. The quantitative estimate of drug-likeness (QED) is 0.597. The molecule has 0 bridgehead atoms. The van der Waals surface area contributed by atoms with Crippen LogP contribution in [-0.2, 0) is 6.61 Å². The number of nitrogens with one attached hydrogen (secondary N) is 1. The molecule has 1 atom stereocenters. The summed E-state index contributed by atoms with van der Waals surface area (Å²) in [5.41, 5.74) is 3.74. The van der Waals surface area contributed by atoms with Gasteiger partial charge in [-0.1, -0.05) is 30.3 Å². The zero-order valence-corrected chi connectivity index (χ0v) is 17.0. The highest BCUT2D eigenvalue weighted by Gasteiger charge is 2.15. The molecule has 0 aliphatic carbocycles. The van der Waals surface area contributed by atoms with Crippen LogP contribution in [0.15, 0.2) is 67.0 Å². The summed E-state index contributed by atoms with van der Waals surface area (Å²) in [7, 11) is 0. The Bertz CT molecular complexity index is 957. The van der Waals surface area contributed by atoms with Crippen molar-refractivity contribution in [2.24, 2.45) is 0 Å². The van der Waals surface area contributed by atoms with E-state index in [1.165, 1.54) is 0 Å². The lowest BCUT2D eigenvalue weighted by Gasteiger charge is -2.18. The number of benzene rings is 2. The van der Waals surface area contributed by atoms with E-state index < -0.39 is 0 Å². The lowest BCUT2D eigenvalue weighted by molar-refractivity contribution is 0.0939. The van der Waals surface area contributed by atoms with Gasteiger partial charge in [-0.2, -0.15) is 0 Å². The Morgan fingerprint density at radius 2 is 1.90 bits per heavy atom. The van der Waals surface area contributed by atoms with Gasteiger partial charge < -0.3 is 14.8 Å². The molecule has 150 valence electrons. The molecule has 29 heavy (non-hydrogen) atoms. The van der Waals surface area contributed by atoms with Gasteiger partial charge in [-0.3, -0.25) is 9.78 Å². The predicted molar refractivity (Wildman–Crippen MR) is 113 cm³/mol. The summed E-state index contributed by atoms with van der Waals surface area (Å²) in [6.07, 6.45) is 3.48. The van der Waals surface area contributed by atoms with Crippen molar-refractivity contribution in [3.63, 3.8) is 0 Å². The lowest BCUT2D eigenvalue weighted by Crippen LogP contribution is -2.27. The molecule has 0 saturated carbocycles. The van der Waals surface area contributed by atoms with Gasteiger partial charge >= 0.3 is 0 Å². The van der Waals surface area contributed by atoms with Crippen LogP contribution >= 0.6 is 0 Å². The fraction of sp³-hybridized carbons (Fsp3) is 0.250. The van der Waals surface area contributed by atoms with E-state index in [1.54, 1.807) is 30.6 Å². The Hall–Kier alpha value is -3.34. The van der Waals surface area contributed by atoms with E-state index in [9.17, 15) is 4.79 Å². The van der Waals surface area contributed by atoms with Crippen LogP contribution in [-0.4, -0.2) is 17.5 Å². The van der Waals surface area contributed by atoms with Crippen LogP contribution in [0.5, 0.6) is 11.5 Å². The van der Waals surface area contributed by atoms with E-state index in [2.05, 4.69) is 10.3 Å². The first kappa shape index (κ1) is 20.4. The third-order valence-electron chi connectivity index (χ3n) is 4.63. The average Bonchev–Trinajstić information content (AvgIpc) is 2.74. The fourth-order valence-corrected chi connectivity index (χ4v) is 3.11. The van der Waals surface area contributed by atoms with Gasteiger partial charge in [0, 0.05) is 23.5 Å². The molecule has 1 aromatic heterocycles. The second-order valence-electron chi connectivity index (χ2n) is 6.80. The summed E-state index contributed by atoms with van der Waals surface area (Å²) >= 11 is 0. The molecular weight excluding hydrogens is 364 g/mol. The molecule has 5 heteroatoms. The van der Waals surface area contributed by atoms with E-state index >= 15 is 0 Å². The second-order valence-corrected chi connectivity index (χ2v) is 6.80. The van der Waals surface area contributed by atoms with Crippen LogP contribution in [0.2, 0.25) is 0 Å². The molecule has 0 aliphatic heterocycles. The molecule has 0 fully saturated rings. The molecular formula is C24H26N2O3. The average molecular weight is 390 g/mol. The summed E-state index contributed by atoms with van der Waals surface area (Å²) in [5, 5.41) is 3.06. The Morgan fingerprint density at radius 3 is 2.62 bits per heavy atom. The van der Waals surface area contributed by atoms with Crippen molar-refractivity contribution in [1.29, 1.82) is 0 Å². The largest absolute Gasteiger partial charge is 0.490 e. The molecule has 1 heterocycles. The minimum absolute atomic E-state index is 0.0965. The van der Waals surface area contributed by atoms with Crippen LogP contribution < -0.4 is 14.8 Å². The SMILES string of the molecule is CCOc1cc(C(=O)N[C@@H](C)c2ccccc2C)ccc1OCc1cccnc1. The lowest BCUT2D eigenvalue weighted by atomic mass is 10.0. The van der Waals surface area contributed by atoms with Crippen LogP contribution in [0.3, 0.4) is 0 Å². The Kier molecular flexibility index (Phi) is 6.85. The zero-order chi connectivity index (χ0) is 20.6. The van der Waals surface area contributed by atoms with Gasteiger partial charge in [0.25, 0.3) is 5.91 Å². The predicted octanol–water partition coefficient (Wildman–Crippen LogP) is 4.86. The van der Waals surface area contributed by atoms with Gasteiger partial charge in [-0.05, 0) is 56.2 Å². The molecule has 0 aliphatic rings. The molecule has 1 amide bonds. The molecule has 0 spiro atoms. The first-order valence-electron chi connectivity index (χ1n) is 9.73. The Morgan fingerprint density at radius 1 is 1.07 bits per heavy atom. The number of aryl methyl sites for hydroxylation is 1. The standard InChI is InChI=1S/C24H26N2O3/c1-4-28-23-14-20(11-12-22(23)29-16-19-9-7-13-25-15-19)24(27)26-18(3)21-10-6-5-8-17(21)2/h5-15,18H,4,16H2,1-3H3,(H,26,27)/t18-/m0/s1. The summed E-state index contributed by atoms with van der Waals surface area (Å²) < 4.78 is 11.6. The van der Waals surface area contributed by atoms with E-state index in [-0.39, 0.29) is 11.9 Å². The van der Waals surface area contributed by atoms with Crippen LogP contribution in [0.25, 0.3) is 0 Å². The first-order valence-corrected chi connectivity index (χ1v) is 9.73. The van der Waals surface area contributed by atoms with Gasteiger partial charge in [0.2, 0.25) is 0 Å². The van der Waals surface area contributed by atoms with E-state index in [4.69, 9.17) is 9.47 Å². The molecule has 5 nitrogen and oxygen atoms in total. The molecule has 2 aromatic carbocycles. The molecule has 0 radical (unpaired) electrons. The smallest absolute Gasteiger partial charge is 0.251 e. The Balaban J connectivity index is 1.73. The summed E-state index contributed by atoms with van der Waals surface area (Å²) in [5.74, 6) is 0.993. The number of carbonyl (C=O) groups excluding carboxylic acids is 1. The zero-order valence-electron chi connectivity index (χ0n) is 17.0. The maximum atomic E-state index is 12.8. The van der Waals surface area contributed by atoms with Crippen LogP contribution in [0, 0.1) is 6.92 Å². The highest BCUT2D eigenvalue weighted by molar-refractivity contribution is 5.95. The molecule has 3 aromatic rings. The summed E-state index contributed by atoms with van der Waals surface area (Å²) in [6.45, 7) is 6.78. The van der Waals surface area contributed by atoms with Crippen molar-refractivity contribution in [2.45, 2.75) is 33.4 Å². The minimum atomic E-state index is -0.152. The monoisotopic (exact) mass is 390 g/mol. The topological polar surface area (TPSA) is 60.5 Å². The highest BCUT2D eigenvalue weighted by atomic mass is 16.5. The van der Waals surface area contributed by atoms with Crippen molar-refractivity contribution in [2.75, 3.05) is 6.61 Å². The van der Waals surface area contributed by atoms with E-state index in [0.717, 1.165) is 16.7 Å². The van der Waals surface area contributed by atoms with E-state index in [0.29, 0.717) is 30.3 Å². The third-order valence-corrected chi connectivity index (χ3v) is 4.63. The number of nitrogens with zero attached hydrogens (tertiary/aromatic N) is 1. The van der Waals surface area contributed by atoms with Gasteiger partial charge in [-0.15, -0.1) is 0 Å². The van der Waals surface area contributed by atoms with Crippen molar-refractivity contribution >= 4 is 5.91 Å². The molecule has 0 saturated heterocycles. The Labute approximate surface area is 171 Å². The van der Waals surface area contributed by atoms with Gasteiger partial charge in [0.15, 0.2) is 11.5 Å². The highest BCUT2D eigenvalue weighted by Crippen LogP contribution is 2.29. The van der Waals surface area contributed by atoms with Crippen LogP contribution in [0.4, 0.5) is 0 Å². The number of carbonyl (C=O) groups is 1. The molecule has 1 N–H and O–H groups in total. The summed E-state index contributed by atoms with van der Waals surface area (Å²) in [4.78, 5) is 16.9. The number of rotatable bonds is 8. The molecule has 3 rings (SSSR count). The summed E-state index contributed by atoms with van der Waals surface area (Å²) in [6, 6.07) is 17.0. The second kappa shape index (κ2) is 9.73. The normalized spacial score (nSPS) is 11.6. The number of aromatic nitrogens is 1. The number of pyridine rings is 1. The number of ether oxygens (including phenoxy) is 2. The van der Waals surface area contributed by atoms with Crippen LogP contribution in [0.1, 0.15) is 46.9 Å². The fourth-order valence-electron chi connectivity index (χ4n) is 3.11. The minimum Gasteiger partial charge on any atom is -0.490 e. The maximum absolute atomic E-state index is 12.8.